The van der Waals surface area contributed by atoms with Crippen molar-refractivity contribution in [1.29, 1.82) is 0 Å². The van der Waals surface area contributed by atoms with Crippen molar-refractivity contribution in [2.45, 2.75) is 45.2 Å². The number of carbonyl (C=O) groups excluding carboxylic acids is 2. The lowest BCUT2D eigenvalue weighted by molar-refractivity contribution is -0.134. The van der Waals surface area contributed by atoms with Crippen LogP contribution in [0, 0.1) is 0 Å². The molecule has 2 aromatic rings. The molecular formula is C22H26N2O2. The van der Waals surface area contributed by atoms with Crippen LogP contribution in [0.15, 0.2) is 54.6 Å². The van der Waals surface area contributed by atoms with E-state index in [4.69, 9.17) is 0 Å². The van der Waals surface area contributed by atoms with Crippen molar-refractivity contribution >= 4 is 17.5 Å². The van der Waals surface area contributed by atoms with E-state index in [1.807, 2.05) is 62.5 Å². The second-order valence-corrected chi connectivity index (χ2v) is 6.85. The molecule has 0 aliphatic carbocycles. The summed E-state index contributed by atoms with van der Waals surface area (Å²) in [7, 11) is 1.81. The van der Waals surface area contributed by atoms with Gasteiger partial charge in [0, 0.05) is 25.7 Å². The van der Waals surface area contributed by atoms with Crippen LogP contribution in [0.4, 0.5) is 5.69 Å². The Morgan fingerprint density at radius 1 is 1.08 bits per heavy atom. The molecule has 4 heteroatoms. The molecular weight excluding hydrogens is 324 g/mol. The molecule has 0 aromatic heterocycles. The molecule has 0 spiro atoms. The maximum atomic E-state index is 13.2. The summed E-state index contributed by atoms with van der Waals surface area (Å²) < 4.78 is 0. The van der Waals surface area contributed by atoms with Gasteiger partial charge in [0.1, 0.15) is 6.04 Å². The molecule has 0 fully saturated rings. The van der Waals surface area contributed by atoms with Crippen molar-refractivity contribution in [3.05, 3.63) is 65.7 Å². The van der Waals surface area contributed by atoms with Crippen molar-refractivity contribution in [3.63, 3.8) is 0 Å². The molecule has 1 unspecified atom stereocenters. The van der Waals surface area contributed by atoms with Crippen LogP contribution in [0.2, 0.25) is 0 Å². The molecule has 1 aliphatic heterocycles. The number of para-hydroxylation sites is 1. The van der Waals surface area contributed by atoms with Gasteiger partial charge < -0.3 is 4.90 Å². The Labute approximate surface area is 155 Å². The third-order valence-corrected chi connectivity index (χ3v) is 4.98. The van der Waals surface area contributed by atoms with Crippen molar-refractivity contribution in [3.8, 4) is 0 Å². The molecule has 1 heterocycles. The average Bonchev–Trinajstić information content (AvgIpc) is 2.82. The fourth-order valence-corrected chi connectivity index (χ4v) is 3.64. The zero-order valence-electron chi connectivity index (χ0n) is 15.5. The number of likely N-dealkylation sites (N-methyl/N-ethyl adjacent to an activating group) is 1. The van der Waals surface area contributed by atoms with Crippen molar-refractivity contribution in [2.75, 3.05) is 11.9 Å². The van der Waals surface area contributed by atoms with Crippen LogP contribution >= 0.6 is 0 Å². The lowest BCUT2D eigenvalue weighted by Gasteiger charge is -2.33. The Kier molecular flexibility index (Phi) is 5.71. The van der Waals surface area contributed by atoms with E-state index in [9.17, 15) is 9.59 Å². The van der Waals surface area contributed by atoms with E-state index in [0.29, 0.717) is 19.4 Å². The topological polar surface area (TPSA) is 40.6 Å². The number of aryl methyl sites for hydroxylation is 1. The summed E-state index contributed by atoms with van der Waals surface area (Å²) in [5.41, 5.74) is 3.12. The van der Waals surface area contributed by atoms with E-state index < -0.39 is 6.04 Å². The SMILES string of the molecule is CCC(C(=O)N(C)Cc1ccccc1)N1C(=O)CCCc2ccccc21. The minimum atomic E-state index is -0.463. The Hall–Kier alpha value is -2.62. The van der Waals surface area contributed by atoms with Gasteiger partial charge in [-0.25, -0.2) is 0 Å². The molecule has 26 heavy (non-hydrogen) atoms. The number of anilines is 1. The van der Waals surface area contributed by atoms with Gasteiger partial charge in [0.15, 0.2) is 0 Å². The van der Waals surface area contributed by atoms with Gasteiger partial charge >= 0.3 is 0 Å². The maximum Gasteiger partial charge on any atom is 0.245 e. The summed E-state index contributed by atoms with van der Waals surface area (Å²) in [5, 5.41) is 0. The highest BCUT2D eigenvalue weighted by Gasteiger charge is 2.33. The number of fused-ring (bicyclic) bond motifs is 1. The number of benzene rings is 2. The van der Waals surface area contributed by atoms with Crippen LogP contribution in [0.25, 0.3) is 0 Å². The van der Waals surface area contributed by atoms with Crippen molar-refractivity contribution < 1.29 is 9.59 Å². The van der Waals surface area contributed by atoms with Crippen LogP contribution in [0.5, 0.6) is 0 Å². The second-order valence-electron chi connectivity index (χ2n) is 6.85. The van der Waals surface area contributed by atoms with E-state index in [1.165, 1.54) is 0 Å². The summed E-state index contributed by atoms with van der Waals surface area (Å²) in [6.07, 6.45) is 2.79. The molecule has 0 radical (unpaired) electrons. The van der Waals surface area contributed by atoms with E-state index >= 15 is 0 Å². The Morgan fingerprint density at radius 3 is 2.50 bits per heavy atom. The first-order valence-electron chi connectivity index (χ1n) is 9.30. The molecule has 4 nitrogen and oxygen atoms in total. The minimum Gasteiger partial charge on any atom is -0.340 e. The fraction of sp³-hybridized carbons (Fsp3) is 0.364. The van der Waals surface area contributed by atoms with Gasteiger partial charge in [-0.3, -0.25) is 14.5 Å². The van der Waals surface area contributed by atoms with Gasteiger partial charge in [0.25, 0.3) is 0 Å². The number of amides is 2. The van der Waals surface area contributed by atoms with Gasteiger partial charge in [-0.1, -0.05) is 55.5 Å². The fourth-order valence-electron chi connectivity index (χ4n) is 3.64. The van der Waals surface area contributed by atoms with E-state index in [-0.39, 0.29) is 11.8 Å². The van der Waals surface area contributed by atoms with Crippen LogP contribution in [0.3, 0.4) is 0 Å². The van der Waals surface area contributed by atoms with Gasteiger partial charge in [0.2, 0.25) is 11.8 Å². The first-order chi connectivity index (χ1) is 12.6. The van der Waals surface area contributed by atoms with Crippen LogP contribution in [0.1, 0.15) is 37.3 Å². The molecule has 0 saturated carbocycles. The lowest BCUT2D eigenvalue weighted by atomic mass is 10.1. The second kappa shape index (κ2) is 8.17. The first kappa shape index (κ1) is 18.2. The number of hydrogen-bond acceptors (Lipinski definition) is 2. The summed E-state index contributed by atoms with van der Waals surface area (Å²) in [5.74, 6) is 0.0321. The van der Waals surface area contributed by atoms with Crippen LogP contribution in [-0.4, -0.2) is 29.8 Å². The Bertz CT molecular complexity index is 773. The standard InChI is InChI=1S/C22H26N2O2/c1-3-19(22(26)23(2)16-17-10-5-4-6-11-17)24-20-14-8-7-12-18(20)13-9-15-21(24)25/h4-8,10-12,14,19H,3,9,13,15-16H2,1-2H3. The van der Waals surface area contributed by atoms with Gasteiger partial charge in [-0.15, -0.1) is 0 Å². The van der Waals surface area contributed by atoms with Crippen molar-refractivity contribution in [2.24, 2.45) is 0 Å². The zero-order valence-corrected chi connectivity index (χ0v) is 15.5. The number of rotatable bonds is 5. The van der Waals surface area contributed by atoms with E-state index in [2.05, 4.69) is 6.07 Å². The molecule has 136 valence electrons. The first-order valence-corrected chi connectivity index (χ1v) is 9.30. The predicted octanol–water partition coefficient (Wildman–Crippen LogP) is 3.79. The Morgan fingerprint density at radius 2 is 1.77 bits per heavy atom. The molecule has 0 bridgehead atoms. The van der Waals surface area contributed by atoms with Gasteiger partial charge in [0.05, 0.1) is 0 Å². The third-order valence-electron chi connectivity index (χ3n) is 4.98. The van der Waals surface area contributed by atoms with Crippen molar-refractivity contribution in [1.82, 2.24) is 4.90 Å². The molecule has 0 saturated heterocycles. The summed E-state index contributed by atoms with van der Waals surface area (Å²) in [6, 6.07) is 17.4. The molecule has 0 N–H and O–H groups in total. The quantitative estimate of drug-likeness (QED) is 0.823. The third kappa shape index (κ3) is 3.79. The molecule has 2 amide bonds. The number of nitrogens with zero attached hydrogens (tertiary/aromatic N) is 2. The normalized spacial score (nSPS) is 15.2. The largest absolute Gasteiger partial charge is 0.340 e. The Balaban J connectivity index is 1.87. The van der Waals surface area contributed by atoms with E-state index in [1.54, 1.807) is 9.80 Å². The smallest absolute Gasteiger partial charge is 0.245 e. The van der Waals surface area contributed by atoms with Crippen LogP contribution < -0.4 is 4.90 Å². The highest BCUT2D eigenvalue weighted by molar-refractivity contribution is 6.01. The summed E-state index contributed by atoms with van der Waals surface area (Å²) >= 11 is 0. The zero-order chi connectivity index (χ0) is 18.5. The highest BCUT2D eigenvalue weighted by atomic mass is 16.2. The molecule has 1 aliphatic rings. The molecule has 3 rings (SSSR count). The monoisotopic (exact) mass is 350 g/mol. The van der Waals surface area contributed by atoms with Gasteiger partial charge in [-0.05, 0) is 36.5 Å². The van der Waals surface area contributed by atoms with Crippen LogP contribution in [-0.2, 0) is 22.6 Å². The number of carbonyl (C=O) groups is 2. The summed E-state index contributed by atoms with van der Waals surface area (Å²) in [4.78, 5) is 29.5. The highest BCUT2D eigenvalue weighted by Crippen LogP contribution is 2.30. The lowest BCUT2D eigenvalue weighted by Crippen LogP contribution is -2.49. The number of hydrogen-bond donors (Lipinski definition) is 0. The maximum absolute atomic E-state index is 13.2. The molecule has 2 aromatic carbocycles. The minimum absolute atomic E-state index is 0.0126. The van der Waals surface area contributed by atoms with E-state index in [0.717, 1.165) is 29.7 Å². The molecule has 1 atom stereocenters. The predicted molar refractivity (Wildman–Crippen MR) is 104 cm³/mol. The average molecular weight is 350 g/mol. The summed E-state index contributed by atoms with van der Waals surface area (Å²) in [6.45, 7) is 2.51. The van der Waals surface area contributed by atoms with Gasteiger partial charge in [-0.2, -0.15) is 0 Å².